The molecule has 2 heterocycles. The minimum atomic E-state index is 0.803. The number of pyridine rings is 1. The second kappa shape index (κ2) is 7.38. The topological polar surface area (TPSA) is 37.4 Å². The van der Waals surface area contributed by atoms with Gasteiger partial charge in [0.1, 0.15) is 5.82 Å². The third kappa shape index (κ3) is 4.06. The Morgan fingerprint density at radius 1 is 1.05 bits per heavy atom. The van der Waals surface area contributed by atoms with Gasteiger partial charge in [-0.15, -0.1) is 0 Å². The monoisotopic (exact) mass is 297 g/mol. The van der Waals surface area contributed by atoms with E-state index in [1.165, 1.54) is 11.1 Å². The lowest BCUT2D eigenvalue weighted by molar-refractivity contribution is 0.0341. The van der Waals surface area contributed by atoms with Crippen LogP contribution in [0.25, 0.3) is 0 Å². The number of ether oxygens (including phenoxy) is 1. The maximum absolute atomic E-state index is 5.42. The number of anilines is 1. The van der Waals surface area contributed by atoms with Gasteiger partial charge in [-0.2, -0.15) is 0 Å². The number of morpholine rings is 1. The highest BCUT2D eigenvalue weighted by molar-refractivity contribution is 5.38. The van der Waals surface area contributed by atoms with E-state index >= 15 is 0 Å². The lowest BCUT2D eigenvalue weighted by Crippen LogP contribution is -2.35. The van der Waals surface area contributed by atoms with E-state index in [0.29, 0.717) is 0 Å². The SMILES string of the molecule is Cc1cccc(NCc2ccccc2CN2CCOCC2)n1. The maximum Gasteiger partial charge on any atom is 0.126 e. The summed E-state index contributed by atoms with van der Waals surface area (Å²) in [6, 6.07) is 14.7. The van der Waals surface area contributed by atoms with Gasteiger partial charge in [-0.1, -0.05) is 30.3 Å². The highest BCUT2D eigenvalue weighted by atomic mass is 16.5. The number of rotatable bonds is 5. The summed E-state index contributed by atoms with van der Waals surface area (Å²) in [5, 5.41) is 3.43. The summed E-state index contributed by atoms with van der Waals surface area (Å²) in [5.74, 6) is 0.932. The molecule has 3 rings (SSSR count). The summed E-state index contributed by atoms with van der Waals surface area (Å²) in [6.45, 7) is 7.51. The first kappa shape index (κ1) is 15.0. The molecule has 116 valence electrons. The largest absolute Gasteiger partial charge is 0.379 e. The first-order chi connectivity index (χ1) is 10.8. The fraction of sp³-hybridized carbons (Fsp3) is 0.389. The molecule has 0 atom stereocenters. The Kier molecular flexibility index (Phi) is 5.03. The Balaban J connectivity index is 1.65. The molecule has 0 amide bonds. The molecule has 0 unspecified atom stereocenters. The van der Waals surface area contributed by atoms with Crippen molar-refractivity contribution in [1.29, 1.82) is 0 Å². The van der Waals surface area contributed by atoms with Gasteiger partial charge in [0, 0.05) is 31.9 Å². The third-order valence-electron chi connectivity index (χ3n) is 3.96. The van der Waals surface area contributed by atoms with E-state index in [1.807, 2.05) is 25.1 Å². The van der Waals surface area contributed by atoms with E-state index in [4.69, 9.17) is 4.74 Å². The maximum atomic E-state index is 5.42. The first-order valence-corrected chi connectivity index (χ1v) is 7.86. The van der Waals surface area contributed by atoms with Gasteiger partial charge in [-0.05, 0) is 30.2 Å². The van der Waals surface area contributed by atoms with Crippen LogP contribution in [0.4, 0.5) is 5.82 Å². The molecule has 0 spiro atoms. The van der Waals surface area contributed by atoms with Crippen LogP contribution in [0.1, 0.15) is 16.8 Å². The van der Waals surface area contributed by atoms with Gasteiger partial charge in [0.05, 0.1) is 13.2 Å². The lowest BCUT2D eigenvalue weighted by atomic mass is 10.1. The predicted octanol–water partition coefficient (Wildman–Crippen LogP) is 2.83. The van der Waals surface area contributed by atoms with E-state index in [9.17, 15) is 0 Å². The van der Waals surface area contributed by atoms with Crippen LogP contribution in [0.5, 0.6) is 0 Å². The summed E-state index contributed by atoms with van der Waals surface area (Å²) >= 11 is 0. The van der Waals surface area contributed by atoms with Gasteiger partial charge in [0.25, 0.3) is 0 Å². The molecule has 1 N–H and O–H groups in total. The van der Waals surface area contributed by atoms with Crippen LogP contribution < -0.4 is 5.32 Å². The molecule has 22 heavy (non-hydrogen) atoms. The smallest absolute Gasteiger partial charge is 0.126 e. The zero-order valence-corrected chi connectivity index (χ0v) is 13.1. The third-order valence-corrected chi connectivity index (χ3v) is 3.96. The molecule has 1 aromatic carbocycles. The van der Waals surface area contributed by atoms with Crippen molar-refractivity contribution in [2.75, 3.05) is 31.6 Å². The molecule has 2 aromatic rings. The van der Waals surface area contributed by atoms with E-state index in [1.54, 1.807) is 0 Å². The number of hydrogen-bond donors (Lipinski definition) is 1. The van der Waals surface area contributed by atoms with Crippen LogP contribution in [0.2, 0.25) is 0 Å². The molecule has 4 heteroatoms. The fourth-order valence-corrected chi connectivity index (χ4v) is 2.71. The summed E-state index contributed by atoms with van der Waals surface area (Å²) in [7, 11) is 0. The van der Waals surface area contributed by atoms with Crippen molar-refractivity contribution in [2.45, 2.75) is 20.0 Å². The molecule has 4 nitrogen and oxygen atoms in total. The average Bonchev–Trinajstić information content (AvgIpc) is 2.55. The molecule has 0 saturated carbocycles. The number of nitrogens with zero attached hydrogens (tertiary/aromatic N) is 2. The summed E-state index contributed by atoms with van der Waals surface area (Å²) in [4.78, 5) is 6.95. The quantitative estimate of drug-likeness (QED) is 0.921. The number of aromatic nitrogens is 1. The molecule has 1 fully saturated rings. The molecule has 1 aliphatic heterocycles. The molecule has 1 aromatic heterocycles. The van der Waals surface area contributed by atoms with Gasteiger partial charge in [0.15, 0.2) is 0 Å². The van der Waals surface area contributed by atoms with Crippen molar-refractivity contribution >= 4 is 5.82 Å². The zero-order valence-electron chi connectivity index (χ0n) is 13.1. The molecule has 0 bridgehead atoms. The van der Waals surface area contributed by atoms with E-state index in [-0.39, 0.29) is 0 Å². The Morgan fingerprint density at radius 2 is 1.82 bits per heavy atom. The summed E-state index contributed by atoms with van der Waals surface area (Å²) < 4.78 is 5.42. The van der Waals surface area contributed by atoms with Crippen LogP contribution in [-0.2, 0) is 17.8 Å². The minimum absolute atomic E-state index is 0.803. The van der Waals surface area contributed by atoms with Crippen molar-refractivity contribution in [3.05, 3.63) is 59.3 Å². The average molecular weight is 297 g/mol. The van der Waals surface area contributed by atoms with Crippen molar-refractivity contribution in [1.82, 2.24) is 9.88 Å². The van der Waals surface area contributed by atoms with Gasteiger partial charge in [0.2, 0.25) is 0 Å². The predicted molar refractivity (Wildman–Crippen MR) is 88.8 cm³/mol. The van der Waals surface area contributed by atoms with Gasteiger partial charge >= 0.3 is 0 Å². The molecule has 1 saturated heterocycles. The van der Waals surface area contributed by atoms with E-state index in [0.717, 1.165) is 50.9 Å². The van der Waals surface area contributed by atoms with Crippen LogP contribution in [0.3, 0.4) is 0 Å². The van der Waals surface area contributed by atoms with Gasteiger partial charge in [-0.25, -0.2) is 4.98 Å². The second-order valence-electron chi connectivity index (χ2n) is 5.67. The first-order valence-electron chi connectivity index (χ1n) is 7.86. The highest BCUT2D eigenvalue weighted by Gasteiger charge is 2.12. The van der Waals surface area contributed by atoms with Crippen molar-refractivity contribution in [3.8, 4) is 0 Å². The summed E-state index contributed by atoms with van der Waals surface area (Å²) in [5.41, 5.74) is 3.74. The van der Waals surface area contributed by atoms with Gasteiger partial charge < -0.3 is 10.1 Å². The number of benzene rings is 1. The van der Waals surface area contributed by atoms with Crippen LogP contribution >= 0.6 is 0 Å². The Hall–Kier alpha value is -1.91. The van der Waals surface area contributed by atoms with Crippen LogP contribution in [0, 0.1) is 6.92 Å². The highest BCUT2D eigenvalue weighted by Crippen LogP contribution is 2.15. The molecule has 0 aliphatic carbocycles. The van der Waals surface area contributed by atoms with Crippen molar-refractivity contribution < 1.29 is 4.74 Å². The number of nitrogens with one attached hydrogen (secondary N) is 1. The standard InChI is InChI=1S/C18H23N3O/c1-15-5-4-8-18(20-15)19-13-16-6-2-3-7-17(16)14-21-9-11-22-12-10-21/h2-8H,9-14H2,1H3,(H,19,20). The Morgan fingerprint density at radius 3 is 2.59 bits per heavy atom. The van der Waals surface area contributed by atoms with Crippen LogP contribution in [-0.4, -0.2) is 36.2 Å². The molecule has 0 radical (unpaired) electrons. The van der Waals surface area contributed by atoms with Crippen molar-refractivity contribution in [3.63, 3.8) is 0 Å². The molecular formula is C18H23N3O. The van der Waals surface area contributed by atoms with E-state index in [2.05, 4.69) is 39.5 Å². The minimum Gasteiger partial charge on any atom is -0.379 e. The van der Waals surface area contributed by atoms with Crippen molar-refractivity contribution in [2.24, 2.45) is 0 Å². The number of aryl methyl sites for hydroxylation is 1. The Labute approximate surface area is 132 Å². The van der Waals surface area contributed by atoms with Gasteiger partial charge in [-0.3, -0.25) is 4.90 Å². The fourth-order valence-electron chi connectivity index (χ4n) is 2.71. The molecular weight excluding hydrogens is 274 g/mol. The van der Waals surface area contributed by atoms with Crippen LogP contribution in [0.15, 0.2) is 42.5 Å². The number of hydrogen-bond acceptors (Lipinski definition) is 4. The van der Waals surface area contributed by atoms with E-state index < -0.39 is 0 Å². The Bertz CT molecular complexity index is 609. The second-order valence-corrected chi connectivity index (χ2v) is 5.67. The molecule has 1 aliphatic rings. The zero-order chi connectivity index (χ0) is 15.2. The lowest BCUT2D eigenvalue weighted by Gasteiger charge is -2.27. The normalized spacial score (nSPS) is 15.7. The summed E-state index contributed by atoms with van der Waals surface area (Å²) in [6.07, 6.45) is 0.